The second-order valence-electron chi connectivity index (χ2n) is 7.35. The molecule has 0 radical (unpaired) electrons. The summed E-state index contributed by atoms with van der Waals surface area (Å²) in [5.74, 6) is 0.895. The number of hydrogen-bond acceptors (Lipinski definition) is 3. The molecule has 1 aromatic heterocycles. The highest BCUT2D eigenvalue weighted by molar-refractivity contribution is 14.0. The summed E-state index contributed by atoms with van der Waals surface area (Å²) in [6.45, 7) is 8.89. The summed E-state index contributed by atoms with van der Waals surface area (Å²) in [4.78, 5) is 7.39. The normalized spacial score (nSPS) is 15.4. The van der Waals surface area contributed by atoms with Crippen LogP contribution in [-0.2, 0) is 13.1 Å². The smallest absolute Gasteiger partial charge is 0.191 e. The van der Waals surface area contributed by atoms with Crippen molar-refractivity contribution in [1.82, 2.24) is 25.3 Å². The lowest BCUT2D eigenvalue weighted by Gasteiger charge is -2.20. The topological polar surface area (TPSA) is 57.5 Å². The predicted octanol–water partition coefficient (Wildman–Crippen LogP) is 3.48. The maximum absolute atomic E-state index is 4.82. The molecule has 29 heavy (non-hydrogen) atoms. The highest BCUT2D eigenvalue weighted by atomic mass is 127. The van der Waals surface area contributed by atoms with Crippen LogP contribution in [0.3, 0.4) is 0 Å². The Bertz CT molecular complexity index is 708. The molecule has 7 heteroatoms. The Labute approximate surface area is 192 Å². The van der Waals surface area contributed by atoms with Gasteiger partial charge in [-0.05, 0) is 50.0 Å². The fourth-order valence-electron chi connectivity index (χ4n) is 3.63. The Hall–Kier alpha value is -1.61. The van der Waals surface area contributed by atoms with Gasteiger partial charge in [0.2, 0.25) is 0 Å². The van der Waals surface area contributed by atoms with Gasteiger partial charge in [-0.2, -0.15) is 5.10 Å². The van der Waals surface area contributed by atoms with E-state index in [0.29, 0.717) is 6.54 Å². The predicted molar refractivity (Wildman–Crippen MR) is 131 cm³/mol. The monoisotopic (exact) mass is 510 g/mol. The highest BCUT2D eigenvalue weighted by Crippen LogP contribution is 2.12. The van der Waals surface area contributed by atoms with Gasteiger partial charge in [-0.1, -0.05) is 37.1 Å². The van der Waals surface area contributed by atoms with E-state index in [4.69, 9.17) is 4.99 Å². The number of nitrogens with one attached hydrogen (secondary N) is 2. The van der Waals surface area contributed by atoms with Crippen LogP contribution in [0, 0.1) is 0 Å². The molecule has 0 unspecified atom stereocenters. The van der Waals surface area contributed by atoms with Gasteiger partial charge in [-0.3, -0.25) is 4.68 Å². The van der Waals surface area contributed by atoms with E-state index in [1.54, 1.807) is 0 Å². The molecule has 2 heterocycles. The van der Waals surface area contributed by atoms with Crippen molar-refractivity contribution in [1.29, 1.82) is 0 Å². The molecule has 2 aromatic rings. The Morgan fingerprint density at radius 2 is 1.79 bits per heavy atom. The van der Waals surface area contributed by atoms with Crippen LogP contribution in [0.2, 0.25) is 0 Å². The van der Waals surface area contributed by atoms with E-state index in [0.717, 1.165) is 32.1 Å². The summed E-state index contributed by atoms with van der Waals surface area (Å²) in [5, 5.41) is 11.2. The molecule has 1 saturated heterocycles. The van der Waals surface area contributed by atoms with E-state index in [2.05, 4.69) is 51.8 Å². The van der Waals surface area contributed by atoms with Gasteiger partial charge in [0.1, 0.15) is 0 Å². The zero-order valence-corrected chi connectivity index (χ0v) is 19.8. The molecule has 1 aliphatic rings. The van der Waals surface area contributed by atoms with Crippen molar-refractivity contribution >= 4 is 29.9 Å². The first kappa shape index (κ1) is 23.7. The number of benzene rings is 1. The SMILES string of the molecule is CCNC(=NCc1ccccc1Cn1cccn1)NCCN1CCCCCC1.I. The molecule has 3 rings (SSSR count). The van der Waals surface area contributed by atoms with E-state index in [1.807, 2.05) is 23.1 Å². The van der Waals surface area contributed by atoms with Crippen molar-refractivity contribution in [2.75, 3.05) is 32.7 Å². The first-order valence-electron chi connectivity index (χ1n) is 10.6. The van der Waals surface area contributed by atoms with Crippen LogP contribution in [0.5, 0.6) is 0 Å². The van der Waals surface area contributed by atoms with Gasteiger partial charge in [0.05, 0.1) is 13.1 Å². The number of hydrogen-bond donors (Lipinski definition) is 2. The van der Waals surface area contributed by atoms with Crippen molar-refractivity contribution in [3.8, 4) is 0 Å². The number of likely N-dealkylation sites (tertiary alicyclic amines) is 1. The zero-order valence-electron chi connectivity index (χ0n) is 17.5. The highest BCUT2D eigenvalue weighted by Gasteiger charge is 2.09. The first-order chi connectivity index (χ1) is 13.8. The molecular weight excluding hydrogens is 475 g/mol. The molecule has 0 atom stereocenters. The largest absolute Gasteiger partial charge is 0.357 e. The molecular formula is C22H35IN6. The number of halogens is 1. The molecule has 160 valence electrons. The van der Waals surface area contributed by atoms with Crippen LogP contribution in [0.15, 0.2) is 47.7 Å². The Balaban J connectivity index is 0.00000300. The van der Waals surface area contributed by atoms with Gasteiger partial charge in [-0.15, -0.1) is 24.0 Å². The molecule has 2 N–H and O–H groups in total. The standard InChI is InChI=1S/C22H34N6.HI/c1-2-23-22(24-13-17-27-14-7-3-4-8-15-27)25-18-20-10-5-6-11-21(20)19-28-16-9-12-26-28;/h5-6,9-12,16H,2-4,7-8,13-15,17-19H2,1H3,(H2,23,24,25);1H. The maximum atomic E-state index is 4.82. The third kappa shape index (κ3) is 8.34. The van der Waals surface area contributed by atoms with Gasteiger partial charge in [0, 0.05) is 32.0 Å². The molecule has 0 spiro atoms. The Morgan fingerprint density at radius 1 is 1.03 bits per heavy atom. The van der Waals surface area contributed by atoms with Crippen molar-refractivity contribution in [3.63, 3.8) is 0 Å². The summed E-state index contributed by atoms with van der Waals surface area (Å²) in [6, 6.07) is 10.4. The van der Waals surface area contributed by atoms with Crippen LogP contribution in [0.25, 0.3) is 0 Å². The van der Waals surface area contributed by atoms with E-state index >= 15 is 0 Å². The molecule has 0 amide bonds. The first-order valence-corrected chi connectivity index (χ1v) is 10.6. The van der Waals surface area contributed by atoms with Gasteiger partial charge in [-0.25, -0.2) is 4.99 Å². The minimum atomic E-state index is 0. The summed E-state index contributed by atoms with van der Waals surface area (Å²) in [7, 11) is 0. The number of rotatable bonds is 8. The number of aromatic nitrogens is 2. The Kier molecular flexibility index (Phi) is 11.1. The second-order valence-corrected chi connectivity index (χ2v) is 7.35. The minimum Gasteiger partial charge on any atom is -0.357 e. The zero-order chi connectivity index (χ0) is 19.4. The molecule has 0 bridgehead atoms. The van der Waals surface area contributed by atoms with Gasteiger partial charge in [0.25, 0.3) is 0 Å². The van der Waals surface area contributed by atoms with E-state index < -0.39 is 0 Å². The fourth-order valence-corrected chi connectivity index (χ4v) is 3.63. The van der Waals surface area contributed by atoms with Crippen LogP contribution >= 0.6 is 24.0 Å². The maximum Gasteiger partial charge on any atom is 0.191 e. The molecule has 6 nitrogen and oxygen atoms in total. The average molecular weight is 510 g/mol. The van der Waals surface area contributed by atoms with Crippen LogP contribution in [0.4, 0.5) is 0 Å². The number of nitrogens with zero attached hydrogens (tertiary/aromatic N) is 4. The molecule has 1 aromatic carbocycles. The number of aliphatic imine (C=N–C) groups is 1. The van der Waals surface area contributed by atoms with E-state index in [-0.39, 0.29) is 24.0 Å². The molecule has 0 saturated carbocycles. The van der Waals surface area contributed by atoms with Crippen LogP contribution in [-0.4, -0.2) is 53.4 Å². The van der Waals surface area contributed by atoms with E-state index in [1.165, 1.54) is 49.9 Å². The quantitative estimate of drug-likeness (QED) is 0.325. The number of guanidine groups is 1. The van der Waals surface area contributed by atoms with E-state index in [9.17, 15) is 0 Å². The average Bonchev–Trinajstić information content (AvgIpc) is 3.08. The fraction of sp³-hybridized carbons (Fsp3) is 0.545. The second kappa shape index (κ2) is 13.6. The van der Waals surface area contributed by atoms with Gasteiger partial charge in [0.15, 0.2) is 5.96 Å². The Morgan fingerprint density at radius 3 is 2.48 bits per heavy atom. The summed E-state index contributed by atoms with van der Waals surface area (Å²) >= 11 is 0. The van der Waals surface area contributed by atoms with Crippen molar-refractivity contribution < 1.29 is 0 Å². The van der Waals surface area contributed by atoms with Gasteiger partial charge >= 0.3 is 0 Å². The van der Waals surface area contributed by atoms with Crippen molar-refractivity contribution in [2.24, 2.45) is 4.99 Å². The summed E-state index contributed by atoms with van der Waals surface area (Å²) < 4.78 is 1.95. The molecule has 1 aliphatic heterocycles. The van der Waals surface area contributed by atoms with Crippen LogP contribution < -0.4 is 10.6 Å². The van der Waals surface area contributed by atoms with Crippen LogP contribution in [0.1, 0.15) is 43.7 Å². The molecule has 1 fully saturated rings. The lowest BCUT2D eigenvalue weighted by Crippen LogP contribution is -2.41. The van der Waals surface area contributed by atoms with Gasteiger partial charge < -0.3 is 15.5 Å². The summed E-state index contributed by atoms with van der Waals surface area (Å²) in [6.07, 6.45) is 9.24. The molecule has 0 aliphatic carbocycles. The third-order valence-corrected chi connectivity index (χ3v) is 5.18. The third-order valence-electron chi connectivity index (χ3n) is 5.18. The lowest BCUT2D eigenvalue weighted by atomic mass is 10.1. The summed E-state index contributed by atoms with van der Waals surface area (Å²) in [5.41, 5.74) is 2.50. The van der Waals surface area contributed by atoms with Crippen molar-refractivity contribution in [3.05, 3.63) is 53.9 Å². The lowest BCUT2D eigenvalue weighted by molar-refractivity contribution is 0.289. The van der Waals surface area contributed by atoms with Crippen molar-refractivity contribution in [2.45, 2.75) is 45.7 Å². The minimum absolute atomic E-state index is 0.